The maximum absolute atomic E-state index is 12.3. The fourth-order valence-electron chi connectivity index (χ4n) is 2.56. The van der Waals surface area contributed by atoms with Crippen molar-refractivity contribution in [2.24, 2.45) is 0 Å². The first-order valence-electron chi connectivity index (χ1n) is 7.63. The smallest absolute Gasteiger partial charge is 0.222 e. The van der Waals surface area contributed by atoms with Crippen LogP contribution in [-0.2, 0) is 11.2 Å². The van der Waals surface area contributed by atoms with Gasteiger partial charge in [-0.25, -0.2) is 0 Å². The lowest BCUT2D eigenvalue weighted by Crippen LogP contribution is -2.28. The number of nitrogens with zero attached hydrogens (tertiary/aromatic N) is 2. The van der Waals surface area contributed by atoms with Crippen LogP contribution in [0.2, 0.25) is 0 Å². The van der Waals surface area contributed by atoms with Crippen molar-refractivity contribution in [3.63, 3.8) is 0 Å². The molecule has 0 saturated carbocycles. The molecule has 5 heteroatoms. The van der Waals surface area contributed by atoms with Gasteiger partial charge < -0.3 is 9.88 Å². The lowest BCUT2D eigenvalue weighted by Gasteiger charge is -2.18. The Balaban J connectivity index is 1.56. The predicted molar refractivity (Wildman–Crippen MR) is 92.5 cm³/mol. The van der Waals surface area contributed by atoms with E-state index in [4.69, 9.17) is 0 Å². The molecule has 0 aliphatic carbocycles. The summed E-state index contributed by atoms with van der Waals surface area (Å²) in [5.41, 5.74) is 2.36. The van der Waals surface area contributed by atoms with E-state index in [9.17, 15) is 4.79 Å². The summed E-state index contributed by atoms with van der Waals surface area (Å²) >= 11 is 1.66. The van der Waals surface area contributed by atoms with Crippen LogP contribution in [0.3, 0.4) is 0 Å². The van der Waals surface area contributed by atoms with E-state index in [-0.39, 0.29) is 11.9 Å². The molecule has 0 saturated heterocycles. The highest BCUT2D eigenvalue weighted by atomic mass is 32.1. The minimum absolute atomic E-state index is 0.0529. The van der Waals surface area contributed by atoms with Gasteiger partial charge in [0.15, 0.2) is 0 Å². The summed E-state index contributed by atoms with van der Waals surface area (Å²) in [6.45, 7) is 0.644. The number of hydrogen-bond donors (Lipinski definition) is 1. The molecule has 3 aromatic rings. The first-order valence-corrected chi connectivity index (χ1v) is 8.57. The van der Waals surface area contributed by atoms with Crippen molar-refractivity contribution < 1.29 is 4.79 Å². The fraction of sp³-hybridized carbons (Fsp3) is 0.222. The zero-order chi connectivity index (χ0) is 15.9. The van der Waals surface area contributed by atoms with E-state index >= 15 is 0 Å². The van der Waals surface area contributed by atoms with Gasteiger partial charge in [-0.05, 0) is 58.6 Å². The Morgan fingerprint density at radius 3 is 2.70 bits per heavy atom. The molecule has 1 amide bonds. The van der Waals surface area contributed by atoms with Crippen LogP contribution in [-0.4, -0.2) is 22.0 Å². The molecular weight excluding hydrogens is 306 g/mol. The maximum Gasteiger partial charge on any atom is 0.222 e. The molecule has 23 heavy (non-hydrogen) atoms. The minimum atomic E-state index is 0.0529. The highest BCUT2D eigenvalue weighted by Gasteiger charge is 2.17. The number of rotatable bonds is 7. The first kappa shape index (κ1) is 15.5. The Bertz CT molecular complexity index is 674. The third-order valence-corrected chi connectivity index (χ3v) is 4.48. The zero-order valence-corrected chi connectivity index (χ0v) is 13.6. The molecule has 0 radical (unpaired) electrons. The van der Waals surface area contributed by atoms with Crippen molar-refractivity contribution in [2.45, 2.75) is 18.9 Å². The second kappa shape index (κ2) is 7.74. The summed E-state index contributed by atoms with van der Waals surface area (Å²) in [6.07, 6.45) is 8.83. The summed E-state index contributed by atoms with van der Waals surface area (Å²) in [4.78, 5) is 16.3. The second-order valence-electron chi connectivity index (χ2n) is 5.36. The van der Waals surface area contributed by atoms with Crippen molar-refractivity contribution in [2.75, 3.05) is 6.54 Å². The molecule has 118 valence electrons. The summed E-state index contributed by atoms with van der Waals surface area (Å²) in [5, 5.41) is 7.17. The van der Waals surface area contributed by atoms with Gasteiger partial charge >= 0.3 is 0 Å². The van der Waals surface area contributed by atoms with Gasteiger partial charge in [0.1, 0.15) is 0 Å². The third kappa shape index (κ3) is 4.29. The van der Waals surface area contributed by atoms with Crippen LogP contribution in [0, 0.1) is 0 Å². The quantitative estimate of drug-likeness (QED) is 0.724. The van der Waals surface area contributed by atoms with Crippen molar-refractivity contribution in [3.05, 3.63) is 77.0 Å². The molecule has 1 atom stereocenters. The normalized spacial score (nSPS) is 12.0. The van der Waals surface area contributed by atoms with Gasteiger partial charge in [0, 0.05) is 31.3 Å². The van der Waals surface area contributed by atoms with Crippen LogP contribution in [0.15, 0.2) is 65.9 Å². The standard InChI is InChI=1S/C18H19N3OS/c22-18(20-9-5-15-3-7-19-8-4-15)13-17(16-6-12-23-14-16)21-10-1-2-11-21/h1-4,6-8,10-12,14,17H,5,9,13H2,(H,20,22). The SMILES string of the molecule is O=C(CC(c1ccsc1)n1cccc1)NCCc1ccncc1. The number of nitrogens with one attached hydrogen (secondary N) is 1. The predicted octanol–water partition coefficient (Wildman–Crippen LogP) is 3.28. The molecule has 3 aromatic heterocycles. The van der Waals surface area contributed by atoms with Crippen LogP contribution in [0.1, 0.15) is 23.6 Å². The molecule has 0 aromatic carbocycles. The molecule has 3 rings (SSSR count). The highest BCUT2D eigenvalue weighted by molar-refractivity contribution is 7.08. The average Bonchev–Trinajstić information content (AvgIpc) is 3.27. The van der Waals surface area contributed by atoms with Crippen molar-refractivity contribution in [3.8, 4) is 0 Å². The van der Waals surface area contributed by atoms with Gasteiger partial charge in [-0.2, -0.15) is 11.3 Å². The summed E-state index contributed by atoms with van der Waals surface area (Å²) < 4.78 is 2.09. The molecule has 1 N–H and O–H groups in total. The Kier molecular flexibility index (Phi) is 5.21. The molecule has 1 unspecified atom stereocenters. The molecule has 0 spiro atoms. The number of carbonyl (C=O) groups is 1. The zero-order valence-electron chi connectivity index (χ0n) is 12.8. The fourth-order valence-corrected chi connectivity index (χ4v) is 3.27. The van der Waals surface area contributed by atoms with Crippen LogP contribution in [0.25, 0.3) is 0 Å². The van der Waals surface area contributed by atoms with E-state index in [0.29, 0.717) is 13.0 Å². The van der Waals surface area contributed by atoms with Crippen molar-refractivity contribution >= 4 is 17.2 Å². The molecule has 0 aliphatic heterocycles. The van der Waals surface area contributed by atoms with Gasteiger partial charge in [-0.1, -0.05) is 0 Å². The third-order valence-electron chi connectivity index (χ3n) is 3.78. The molecule has 0 fully saturated rings. The Morgan fingerprint density at radius 1 is 1.22 bits per heavy atom. The molecule has 4 nitrogen and oxygen atoms in total. The number of hydrogen-bond acceptors (Lipinski definition) is 3. The number of thiophene rings is 1. The van der Waals surface area contributed by atoms with Gasteiger partial charge in [-0.3, -0.25) is 9.78 Å². The Labute approximate surface area is 139 Å². The van der Waals surface area contributed by atoms with Crippen LogP contribution < -0.4 is 5.32 Å². The van der Waals surface area contributed by atoms with Gasteiger partial charge in [0.25, 0.3) is 0 Å². The largest absolute Gasteiger partial charge is 0.356 e. The second-order valence-corrected chi connectivity index (χ2v) is 6.14. The van der Waals surface area contributed by atoms with E-state index in [1.165, 1.54) is 11.1 Å². The van der Waals surface area contributed by atoms with E-state index < -0.39 is 0 Å². The average molecular weight is 325 g/mol. The maximum atomic E-state index is 12.3. The number of amides is 1. The number of aromatic nitrogens is 2. The number of carbonyl (C=O) groups excluding carboxylic acids is 1. The lowest BCUT2D eigenvalue weighted by atomic mass is 10.1. The highest BCUT2D eigenvalue weighted by Crippen LogP contribution is 2.24. The molecular formula is C18H19N3OS. The monoisotopic (exact) mass is 325 g/mol. The topological polar surface area (TPSA) is 46.9 Å². The molecule has 0 aliphatic rings. The van der Waals surface area contributed by atoms with Gasteiger partial charge in [-0.15, -0.1) is 0 Å². The summed E-state index contributed by atoms with van der Waals surface area (Å²) in [6, 6.07) is 10.1. The van der Waals surface area contributed by atoms with Crippen LogP contribution in [0.4, 0.5) is 0 Å². The van der Waals surface area contributed by atoms with Gasteiger partial charge in [0.05, 0.1) is 12.5 Å². The summed E-state index contributed by atoms with van der Waals surface area (Å²) in [5.74, 6) is 0.0731. The van der Waals surface area contributed by atoms with Crippen molar-refractivity contribution in [1.82, 2.24) is 14.9 Å². The number of pyridine rings is 1. The summed E-state index contributed by atoms with van der Waals surface area (Å²) in [7, 11) is 0. The van der Waals surface area contributed by atoms with E-state index in [1.807, 2.05) is 42.0 Å². The van der Waals surface area contributed by atoms with E-state index in [1.54, 1.807) is 23.7 Å². The van der Waals surface area contributed by atoms with Gasteiger partial charge in [0.2, 0.25) is 5.91 Å². The van der Waals surface area contributed by atoms with E-state index in [0.717, 1.165) is 6.42 Å². The van der Waals surface area contributed by atoms with Crippen LogP contribution in [0.5, 0.6) is 0 Å². The molecule has 0 bridgehead atoms. The van der Waals surface area contributed by atoms with Crippen LogP contribution >= 0.6 is 11.3 Å². The van der Waals surface area contributed by atoms with E-state index in [2.05, 4.69) is 26.3 Å². The lowest BCUT2D eigenvalue weighted by molar-refractivity contribution is -0.121. The Hall–Kier alpha value is -2.40. The molecule has 3 heterocycles. The minimum Gasteiger partial charge on any atom is -0.356 e. The van der Waals surface area contributed by atoms with Crippen molar-refractivity contribution in [1.29, 1.82) is 0 Å². The first-order chi connectivity index (χ1) is 11.3. The Morgan fingerprint density at radius 2 is 2.00 bits per heavy atom.